The minimum atomic E-state index is -0.196. The predicted molar refractivity (Wildman–Crippen MR) is 110 cm³/mol. The molecule has 2 bridgehead atoms. The Balaban J connectivity index is 1.61. The number of piperidine rings is 1. The Labute approximate surface area is 170 Å². The topological polar surface area (TPSA) is 54.7 Å². The van der Waals surface area contributed by atoms with E-state index < -0.39 is 0 Å². The molecule has 3 aliphatic heterocycles. The summed E-state index contributed by atoms with van der Waals surface area (Å²) in [4.78, 5) is 15.6. The molecule has 5 nitrogen and oxygen atoms in total. The van der Waals surface area contributed by atoms with Crippen LogP contribution >= 0.6 is 0 Å². The molecule has 1 aliphatic carbocycles. The Morgan fingerprint density at radius 2 is 2.24 bits per heavy atom. The molecule has 0 radical (unpaired) electrons. The van der Waals surface area contributed by atoms with Crippen molar-refractivity contribution >= 4 is 11.7 Å². The number of nitrogens with one attached hydrogen (secondary N) is 1. The van der Waals surface area contributed by atoms with Gasteiger partial charge in [0.1, 0.15) is 0 Å². The second-order valence-corrected chi connectivity index (χ2v) is 8.54. The van der Waals surface area contributed by atoms with E-state index in [1.54, 1.807) is 12.5 Å². The van der Waals surface area contributed by atoms with Crippen molar-refractivity contribution in [3.63, 3.8) is 0 Å². The fraction of sp³-hybridized carbons (Fsp3) is 0.375. The molecule has 6 rings (SSSR count). The molecule has 0 amide bonds. The molecule has 1 aromatic heterocycles. The first-order valence-electron chi connectivity index (χ1n) is 10.3. The van der Waals surface area contributed by atoms with Crippen LogP contribution in [0.1, 0.15) is 25.3 Å². The number of carbonyl (C=O) groups excluding carboxylic acids is 1. The van der Waals surface area contributed by atoms with Crippen molar-refractivity contribution in [1.82, 2.24) is 4.90 Å². The quantitative estimate of drug-likeness (QED) is 0.620. The normalized spacial score (nSPS) is 30.9. The number of carbonyl (C=O) groups is 1. The van der Waals surface area contributed by atoms with E-state index in [2.05, 4.69) is 41.4 Å². The van der Waals surface area contributed by atoms with Gasteiger partial charge in [0.05, 0.1) is 30.6 Å². The second kappa shape index (κ2) is 5.86. The maximum atomic E-state index is 13.0. The zero-order valence-electron chi connectivity index (χ0n) is 16.7. The number of allylic oxidation sites excluding steroid dienone is 1. The lowest BCUT2D eigenvalue weighted by Gasteiger charge is -2.48. The summed E-state index contributed by atoms with van der Waals surface area (Å²) < 4.78 is 10.6. The number of ether oxygens (including phenoxy) is 1. The van der Waals surface area contributed by atoms with Crippen LogP contribution in [-0.4, -0.2) is 37.1 Å². The molecule has 1 spiro atoms. The van der Waals surface area contributed by atoms with E-state index in [9.17, 15) is 4.79 Å². The number of anilines is 1. The molecule has 29 heavy (non-hydrogen) atoms. The van der Waals surface area contributed by atoms with Crippen molar-refractivity contribution in [2.45, 2.75) is 31.2 Å². The van der Waals surface area contributed by atoms with Gasteiger partial charge in [-0.3, -0.25) is 4.90 Å². The van der Waals surface area contributed by atoms with E-state index in [0.717, 1.165) is 54.0 Å². The predicted octanol–water partition coefficient (Wildman–Crippen LogP) is 4.09. The number of methoxy groups -OCH3 is 1. The van der Waals surface area contributed by atoms with Gasteiger partial charge in [-0.15, -0.1) is 0 Å². The third kappa shape index (κ3) is 2.06. The summed E-state index contributed by atoms with van der Waals surface area (Å²) in [6.07, 6.45) is 7.68. The van der Waals surface area contributed by atoms with Gasteiger partial charge in [-0.05, 0) is 49.1 Å². The highest BCUT2D eigenvalue weighted by atomic mass is 16.5. The molecule has 4 aliphatic rings. The highest BCUT2D eigenvalue weighted by Crippen LogP contribution is 2.61. The molecule has 1 N–H and O–H groups in total. The average molecular weight is 388 g/mol. The standard InChI is InChI=1S/C24H24N2O3/c1-3-14-12-26-8-7-24-18-10-15(16-6-9-29-13-16)4-5-19(18)25-22(24)21(23(27)28-2)17(14)11-20(24)26/h3-6,9-10,13,17,20,25H,7-8,11-12H2,1-2H3/b14-3-/t17-,20-,24+/m0/s1. The summed E-state index contributed by atoms with van der Waals surface area (Å²) in [5.41, 5.74) is 7.74. The summed E-state index contributed by atoms with van der Waals surface area (Å²) in [5, 5.41) is 3.67. The lowest BCUT2D eigenvalue weighted by molar-refractivity contribution is -0.137. The Morgan fingerprint density at radius 1 is 1.34 bits per heavy atom. The number of benzene rings is 1. The van der Waals surface area contributed by atoms with Crippen molar-refractivity contribution in [2.24, 2.45) is 5.92 Å². The molecule has 1 aromatic carbocycles. The summed E-state index contributed by atoms with van der Waals surface area (Å²) in [6.45, 7) is 4.07. The van der Waals surface area contributed by atoms with Gasteiger partial charge in [-0.2, -0.15) is 0 Å². The number of esters is 1. The summed E-state index contributed by atoms with van der Waals surface area (Å²) in [6, 6.07) is 8.97. The molecule has 148 valence electrons. The first kappa shape index (κ1) is 17.1. The molecule has 2 fully saturated rings. The van der Waals surface area contributed by atoms with E-state index in [1.165, 1.54) is 18.2 Å². The van der Waals surface area contributed by atoms with Gasteiger partial charge in [0.25, 0.3) is 0 Å². The van der Waals surface area contributed by atoms with E-state index in [1.807, 2.05) is 6.07 Å². The van der Waals surface area contributed by atoms with Gasteiger partial charge in [-0.25, -0.2) is 4.79 Å². The molecule has 0 saturated carbocycles. The maximum absolute atomic E-state index is 13.0. The SMILES string of the molecule is C/C=C1/CN2CC[C@]34C(=C(C(=O)OC)[C@H]1C[C@H]23)Nc1ccc(-c2ccoc2)cc14. The van der Waals surface area contributed by atoms with Crippen LogP contribution in [0, 0.1) is 5.92 Å². The van der Waals surface area contributed by atoms with Crippen molar-refractivity contribution < 1.29 is 13.9 Å². The highest BCUT2D eigenvalue weighted by molar-refractivity contribution is 5.94. The van der Waals surface area contributed by atoms with Gasteiger partial charge >= 0.3 is 5.97 Å². The fourth-order valence-electron chi connectivity index (χ4n) is 6.26. The van der Waals surface area contributed by atoms with Crippen LogP contribution in [0.4, 0.5) is 5.69 Å². The van der Waals surface area contributed by atoms with E-state index in [0.29, 0.717) is 6.04 Å². The highest BCUT2D eigenvalue weighted by Gasteiger charge is 2.62. The molecule has 4 heterocycles. The third-order valence-corrected chi connectivity index (χ3v) is 7.55. The molecule has 2 saturated heterocycles. The minimum absolute atomic E-state index is 0.144. The van der Waals surface area contributed by atoms with Crippen LogP contribution in [-0.2, 0) is 14.9 Å². The van der Waals surface area contributed by atoms with Crippen molar-refractivity contribution in [1.29, 1.82) is 0 Å². The summed E-state index contributed by atoms with van der Waals surface area (Å²) in [7, 11) is 1.49. The first-order chi connectivity index (χ1) is 14.2. The number of fused-ring (bicyclic) bond motifs is 2. The summed E-state index contributed by atoms with van der Waals surface area (Å²) in [5.74, 6) is -0.0528. The monoisotopic (exact) mass is 388 g/mol. The fourth-order valence-corrected chi connectivity index (χ4v) is 6.26. The lowest BCUT2D eigenvalue weighted by atomic mass is 9.61. The number of rotatable bonds is 2. The van der Waals surface area contributed by atoms with Crippen LogP contribution in [0.5, 0.6) is 0 Å². The van der Waals surface area contributed by atoms with Crippen LogP contribution in [0.25, 0.3) is 11.1 Å². The smallest absolute Gasteiger partial charge is 0.336 e. The molecule has 2 aromatic rings. The second-order valence-electron chi connectivity index (χ2n) is 8.54. The van der Waals surface area contributed by atoms with E-state index in [4.69, 9.17) is 9.15 Å². The zero-order chi connectivity index (χ0) is 19.8. The van der Waals surface area contributed by atoms with Crippen molar-refractivity contribution in [3.05, 3.63) is 65.3 Å². The van der Waals surface area contributed by atoms with Crippen LogP contribution in [0.15, 0.2) is 64.1 Å². The first-order valence-corrected chi connectivity index (χ1v) is 10.3. The Hall–Kier alpha value is -2.79. The largest absolute Gasteiger partial charge is 0.472 e. The third-order valence-electron chi connectivity index (χ3n) is 7.55. The molecule has 3 atom stereocenters. The summed E-state index contributed by atoms with van der Waals surface area (Å²) >= 11 is 0. The van der Waals surface area contributed by atoms with Crippen LogP contribution in [0.3, 0.4) is 0 Å². The minimum Gasteiger partial charge on any atom is -0.472 e. The van der Waals surface area contributed by atoms with Crippen LogP contribution < -0.4 is 5.32 Å². The maximum Gasteiger partial charge on any atom is 0.336 e. The van der Waals surface area contributed by atoms with Gasteiger partial charge in [-0.1, -0.05) is 17.7 Å². The average Bonchev–Trinajstić information content (AvgIpc) is 3.48. The Kier molecular flexibility index (Phi) is 3.46. The molecule has 0 unspecified atom stereocenters. The van der Waals surface area contributed by atoms with Gasteiger partial charge < -0.3 is 14.5 Å². The van der Waals surface area contributed by atoms with Gasteiger partial charge in [0, 0.05) is 42.0 Å². The molecular formula is C24H24N2O3. The molecule has 5 heteroatoms. The number of hydrogen-bond acceptors (Lipinski definition) is 5. The molecular weight excluding hydrogens is 364 g/mol. The Morgan fingerprint density at radius 3 is 3.00 bits per heavy atom. The number of furan rings is 1. The number of hydrogen-bond donors (Lipinski definition) is 1. The van der Waals surface area contributed by atoms with Crippen LogP contribution in [0.2, 0.25) is 0 Å². The van der Waals surface area contributed by atoms with Crippen molar-refractivity contribution in [2.75, 3.05) is 25.5 Å². The Bertz CT molecular complexity index is 1080. The zero-order valence-corrected chi connectivity index (χ0v) is 16.7. The number of nitrogens with zero attached hydrogens (tertiary/aromatic N) is 1. The lowest BCUT2D eigenvalue weighted by Crippen LogP contribution is -2.53. The van der Waals surface area contributed by atoms with Gasteiger partial charge in [0.15, 0.2) is 0 Å². The van der Waals surface area contributed by atoms with E-state index >= 15 is 0 Å². The van der Waals surface area contributed by atoms with Gasteiger partial charge in [0.2, 0.25) is 0 Å². The van der Waals surface area contributed by atoms with Crippen molar-refractivity contribution in [3.8, 4) is 11.1 Å². The van der Waals surface area contributed by atoms with E-state index in [-0.39, 0.29) is 17.3 Å².